The molecule has 0 fully saturated rings. The molecule has 22 heavy (non-hydrogen) atoms. The van der Waals surface area contributed by atoms with Crippen LogP contribution < -0.4 is 0 Å². The van der Waals surface area contributed by atoms with Crippen LogP contribution >= 0.6 is 34.5 Å². The Bertz CT molecular complexity index is 768. The molecule has 0 amide bonds. The number of ketones is 1. The summed E-state index contributed by atoms with van der Waals surface area (Å²) in [4.78, 5) is 17.3. The maximum absolute atomic E-state index is 12.8. The van der Waals surface area contributed by atoms with Crippen molar-refractivity contribution in [2.75, 3.05) is 0 Å². The highest BCUT2D eigenvalue weighted by Gasteiger charge is 2.24. The van der Waals surface area contributed by atoms with Crippen molar-refractivity contribution >= 4 is 40.3 Å². The summed E-state index contributed by atoms with van der Waals surface area (Å²) in [5.74, 6) is -0.0302. The molecular formula is C15H11Cl2N3OS. The van der Waals surface area contributed by atoms with Gasteiger partial charge in [-0.1, -0.05) is 35.3 Å². The molecule has 0 saturated carbocycles. The van der Waals surface area contributed by atoms with Gasteiger partial charge in [-0.2, -0.15) is 5.10 Å². The molecule has 0 bridgehead atoms. The Labute approximate surface area is 141 Å². The SMILES string of the molecule is O=C(c1ccc(Cl)s1)C(Cc1ccc(Cl)cc1)n1cncn1. The van der Waals surface area contributed by atoms with Crippen molar-refractivity contribution in [3.05, 3.63) is 68.9 Å². The number of thiophene rings is 1. The van der Waals surface area contributed by atoms with Gasteiger partial charge in [0.1, 0.15) is 18.7 Å². The lowest BCUT2D eigenvalue weighted by Crippen LogP contribution is -2.22. The van der Waals surface area contributed by atoms with E-state index in [9.17, 15) is 4.79 Å². The summed E-state index contributed by atoms with van der Waals surface area (Å²) in [6.45, 7) is 0. The molecule has 1 aromatic carbocycles. The largest absolute Gasteiger partial charge is 0.291 e. The van der Waals surface area contributed by atoms with E-state index < -0.39 is 6.04 Å². The van der Waals surface area contributed by atoms with Crippen LogP contribution in [0.1, 0.15) is 21.3 Å². The standard InChI is InChI=1S/C15H11Cl2N3OS/c16-11-3-1-10(2-4-11)7-12(20-9-18-8-19-20)15(21)13-5-6-14(17)22-13/h1-6,8-9,12H,7H2. The third-order valence-electron chi connectivity index (χ3n) is 3.22. The summed E-state index contributed by atoms with van der Waals surface area (Å²) < 4.78 is 2.16. The van der Waals surface area contributed by atoms with Gasteiger partial charge < -0.3 is 0 Å². The van der Waals surface area contributed by atoms with Gasteiger partial charge in [-0.25, -0.2) is 9.67 Å². The molecular weight excluding hydrogens is 341 g/mol. The fraction of sp³-hybridized carbons (Fsp3) is 0.133. The van der Waals surface area contributed by atoms with E-state index in [4.69, 9.17) is 23.2 Å². The van der Waals surface area contributed by atoms with Crippen molar-refractivity contribution in [3.8, 4) is 0 Å². The zero-order chi connectivity index (χ0) is 15.5. The Balaban J connectivity index is 1.90. The van der Waals surface area contributed by atoms with Gasteiger partial charge in [0.15, 0.2) is 5.78 Å². The maximum atomic E-state index is 12.8. The van der Waals surface area contributed by atoms with Crippen LogP contribution in [0.3, 0.4) is 0 Å². The lowest BCUT2D eigenvalue weighted by atomic mass is 10.0. The van der Waals surface area contributed by atoms with Crippen LogP contribution in [0, 0.1) is 0 Å². The smallest absolute Gasteiger partial charge is 0.197 e. The summed E-state index contributed by atoms with van der Waals surface area (Å²) in [7, 11) is 0. The molecule has 0 radical (unpaired) electrons. The van der Waals surface area contributed by atoms with E-state index in [1.54, 1.807) is 23.1 Å². The number of hydrogen-bond donors (Lipinski definition) is 0. The molecule has 0 aliphatic rings. The number of nitrogens with zero attached hydrogens (tertiary/aromatic N) is 3. The number of carbonyl (C=O) groups excluding carboxylic acids is 1. The van der Waals surface area contributed by atoms with E-state index in [-0.39, 0.29) is 5.78 Å². The second kappa shape index (κ2) is 6.60. The molecule has 7 heteroatoms. The highest BCUT2D eigenvalue weighted by molar-refractivity contribution is 7.18. The lowest BCUT2D eigenvalue weighted by molar-refractivity contribution is 0.0921. The number of benzene rings is 1. The minimum absolute atomic E-state index is 0.0302. The molecule has 0 spiro atoms. The Hall–Kier alpha value is -1.69. The second-order valence-corrected chi connectivity index (χ2v) is 6.84. The first-order valence-electron chi connectivity index (χ1n) is 6.51. The van der Waals surface area contributed by atoms with Gasteiger partial charge in [-0.15, -0.1) is 11.3 Å². The third kappa shape index (κ3) is 3.38. The van der Waals surface area contributed by atoms with Crippen molar-refractivity contribution in [2.45, 2.75) is 12.5 Å². The van der Waals surface area contributed by atoms with Crippen molar-refractivity contribution < 1.29 is 4.79 Å². The molecule has 112 valence electrons. The van der Waals surface area contributed by atoms with Crippen LogP contribution in [0.4, 0.5) is 0 Å². The lowest BCUT2D eigenvalue weighted by Gasteiger charge is -2.15. The predicted octanol–water partition coefficient (Wildman–Crippen LogP) is 4.31. The topological polar surface area (TPSA) is 47.8 Å². The highest BCUT2D eigenvalue weighted by atomic mass is 35.5. The monoisotopic (exact) mass is 351 g/mol. The Morgan fingerprint density at radius 3 is 2.55 bits per heavy atom. The molecule has 0 N–H and O–H groups in total. The van der Waals surface area contributed by atoms with Crippen LogP contribution in [-0.2, 0) is 6.42 Å². The van der Waals surface area contributed by atoms with Gasteiger partial charge in [-0.3, -0.25) is 4.79 Å². The van der Waals surface area contributed by atoms with Crippen molar-refractivity contribution in [2.24, 2.45) is 0 Å². The van der Waals surface area contributed by atoms with Crippen molar-refractivity contribution in [1.29, 1.82) is 0 Å². The zero-order valence-corrected chi connectivity index (χ0v) is 13.6. The minimum atomic E-state index is -0.460. The first-order valence-corrected chi connectivity index (χ1v) is 8.09. The summed E-state index contributed by atoms with van der Waals surface area (Å²) in [5.41, 5.74) is 1.00. The minimum Gasteiger partial charge on any atom is -0.291 e. The number of hydrogen-bond acceptors (Lipinski definition) is 4. The zero-order valence-electron chi connectivity index (χ0n) is 11.3. The van der Waals surface area contributed by atoms with Crippen LogP contribution in [0.25, 0.3) is 0 Å². The molecule has 2 heterocycles. The van der Waals surface area contributed by atoms with Crippen LogP contribution in [0.5, 0.6) is 0 Å². The molecule has 0 aliphatic carbocycles. The van der Waals surface area contributed by atoms with Gasteiger partial charge >= 0.3 is 0 Å². The number of Topliss-reactive ketones (excluding diaryl/α,β-unsaturated/α-hetero) is 1. The summed E-state index contributed by atoms with van der Waals surface area (Å²) in [6.07, 6.45) is 3.48. The van der Waals surface area contributed by atoms with E-state index in [1.165, 1.54) is 17.7 Å². The van der Waals surface area contributed by atoms with Crippen LogP contribution in [0.2, 0.25) is 9.36 Å². The van der Waals surface area contributed by atoms with E-state index >= 15 is 0 Å². The first kappa shape index (κ1) is 15.2. The molecule has 1 unspecified atom stereocenters. The molecule has 2 aromatic heterocycles. The average molecular weight is 352 g/mol. The fourth-order valence-corrected chi connectivity index (χ4v) is 3.30. The summed E-state index contributed by atoms with van der Waals surface area (Å²) in [5, 5.41) is 4.78. The molecule has 0 aliphatic heterocycles. The maximum Gasteiger partial charge on any atom is 0.197 e. The number of aromatic nitrogens is 3. The number of rotatable bonds is 5. The van der Waals surface area contributed by atoms with Gasteiger partial charge in [-0.05, 0) is 29.8 Å². The number of halogens is 2. The summed E-state index contributed by atoms with van der Waals surface area (Å²) in [6, 6.07) is 10.4. The van der Waals surface area contributed by atoms with Crippen molar-refractivity contribution in [1.82, 2.24) is 14.8 Å². The molecule has 3 rings (SSSR count). The van der Waals surface area contributed by atoms with Gasteiger partial charge in [0.25, 0.3) is 0 Å². The van der Waals surface area contributed by atoms with Crippen LogP contribution in [-0.4, -0.2) is 20.5 Å². The molecule has 3 aromatic rings. The van der Waals surface area contributed by atoms with E-state index in [0.717, 1.165) is 5.56 Å². The Kier molecular flexibility index (Phi) is 4.57. The van der Waals surface area contributed by atoms with Crippen LogP contribution in [0.15, 0.2) is 49.1 Å². The average Bonchev–Trinajstić information content (AvgIpc) is 3.17. The predicted molar refractivity (Wildman–Crippen MR) is 87.9 cm³/mol. The quantitative estimate of drug-likeness (QED) is 0.643. The Morgan fingerprint density at radius 1 is 1.18 bits per heavy atom. The summed E-state index contributed by atoms with van der Waals surface area (Å²) >= 11 is 13.1. The Morgan fingerprint density at radius 2 is 1.95 bits per heavy atom. The first-order chi connectivity index (χ1) is 10.6. The number of carbonyl (C=O) groups is 1. The second-order valence-electron chi connectivity index (χ2n) is 4.69. The van der Waals surface area contributed by atoms with E-state index in [0.29, 0.717) is 20.7 Å². The van der Waals surface area contributed by atoms with E-state index in [1.807, 2.05) is 24.3 Å². The fourth-order valence-electron chi connectivity index (χ4n) is 2.14. The molecule has 4 nitrogen and oxygen atoms in total. The van der Waals surface area contributed by atoms with Gasteiger partial charge in [0.05, 0.1) is 9.21 Å². The molecule has 1 atom stereocenters. The molecule has 0 saturated heterocycles. The normalized spacial score (nSPS) is 12.3. The highest BCUT2D eigenvalue weighted by Crippen LogP contribution is 2.27. The van der Waals surface area contributed by atoms with E-state index in [2.05, 4.69) is 10.1 Å². The van der Waals surface area contributed by atoms with Gasteiger partial charge in [0.2, 0.25) is 0 Å². The third-order valence-corrected chi connectivity index (χ3v) is 4.71. The van der Waals surface area contributed by atoms with Gasteiger partial charge in [0, 0.05) is 11.4 Å². The van der Waals surface area contributed by atoms with Crippen molar-refractivity contribution in [3.63, 3.8) is 0 Å².